The van der Waals surface area contributed by atoms with Crippen molar-refractivity contribution in [3.05, 3.63) is 76.3 Å². The quantitative estimate of drug-likeness (QED) is 0.637. The van der Waals surface area contributed by atoms with Crippen LogP contribution < -0.4 is 0 Å². The van der Waals surface area contributed by atoms with Crippen LogP contribution in [0.4, 0.5) is 4.39 Å². The summed E-state index contributed by atoms with van der Waals surface area (Å²) in [4.78, 5) is 0. The van der Waals surface area contributed by atoms with Crippen LogP contribution in [0.2, 0.25) is 5.02 Å². The average molecular weight is 348 g/mol. The zero-order valence-electron chi connectivity index (χ0n) is 12.5. The van der Waals surface area contributed by atoms with Crippen molar-refractivity contribution in [2.24, 2.45) is 7.05 Å². The van der Waals surface area contributed by atoms with E-state index < -0.39 is 0 Å². The van der Waals surface area contributed by atoms with Gasteiger partial charge in [-0.3, -0.25) is 0 Å². The maximum atomic E-state index is 13.2. The Labute approximate surface area is 143 Å². The second-order valence-corrected chi connectivity index (χ2v) is 6.56. The molecule has 0 fully saturated rings. The smallest absolute Gasteiger partial charge is 0.191 e. The third kappa shape index (κ3) is 4.12. The molecule has 0 amide bonds. The summed E-state index contributed by atoms with van der Waals surface area (Å²) in [6.07, 6.45) is 0.696. The van der Waals surface area contributed by atoms with Gasteiger partial charge in [0.2, 0.25) is 0 Å². The number of rotatable bonds is 5. The lowest BCUT2D eigenvalue weighted by Crippen LogP contribution is -2.00. The van der Waals surface area contributed by atoms with Gasteiger partial charge in [-0.15, -0.1) is 10.2 Å². The van der Waals surface area contributed by atoms with Gasteiger partial charge in [0.05, 0.1) is 0 Å². The van der Waals surface area contributed by atoms with Crippen molar-refractivity contribution in [2.45, 2.75) is 17.3 Å². The summed E-state index contributed by atoms with van der Waals surface area (Å²) in [7, 11) is 1.94. The number of benzene rings is 2. The first-order valence-corrected chi connectivity index (χ1v) is 8.48. The standard InChI is InChI=1S/C17H15ClFN3S/c1-22-16(10-12-5-7-14(18)8-6-12)20-21-17(22)23-11-13-3-2-4-15(19)9-13/h2-9H,10-11H2,1H3. The first-order chi connectivity index (χ1) is 11.1. The van der Waals surface area contributed by atoms with Gasteiger partial charge in [-0.2, -0.15) is 0 Å². The summed E-state index contributed by atoms with van der Waals surface area (Å²) in [5.41, 5.74) is 2.06. The molecule has 2 aromatic carbocycles. The molecule has 1 heterocycles. The van der Waals surface area contributed by atoms with E-state index in [1.807, 2.05) is 41.9 Å². The SMILES string of the molecule is Cn1c(Cc2ccc(Cl)cc2)nnc1SCc1cccc(F)c1. The summed E-state index contributed by atoms with van der Waals surface area (Å²) < 4.78 is 15.2. The Bertz CT molecular complexity index is 802. The minimum atomic E-state index is -0.218. The highest BCUT2D eigenvalue weighted by Crippen LogP contribution is 2.22. The summed E-state index contributed by atoms with van der Waals surface area (Å²) in [6, 6.07) is 14.3. The lowest BCUT2D eigenvalue weighted by atomic mass is 10.1. The second-order valence-electron chi connectivity index (χ2n) is 5.18. The molecular formula is C17H15ClFN3S. The normalized spacial score (nSPS) is 10.9. The molecular weight excluding hydrogens is 333 g/mol. The summed E-state index contributed by atoms with van der Waals surface area (Å²) in [6.45, 7) is 0. The van der Waals surface area contributed by atoms with Gasteiger partial charge in [-0.25, -0.2) is 4.39 Å². The van der Waals surface area contributed by atoms with E-state index in [2.05, 4.69) is 10.2 Å². The van der Waals surface area contributed by atoms with Crippen LogP contribution in [0, 0.1) is 5.82 Å². The van der Waals surface area contributed by atoms with Crippen LogP contribution in [-0.2, 0) is 19.2 Å². The Balaban J connectivity index is 1.68. The number of hydrogen-bond acceptors (Lipinski definition) is 3. The predicted octanol–water partition coefficient (Wildman–Crippen LogP) is 4.49. The molecule has 0 unspecified atom stereocenters. The Morgan fingerprint density at radius 3 is 2.61 bits per heavy atom. The van der Waals surface area contributed by atoms with E-state index in [-0.39, 0.29) is 5.82 Å². The molecule has 3 rings (SSSR count). The highest BCUT2D eigenvalue weighted by molar-refractivity contribution is 7.98. The zero-order chi connectivity index (χ0) is 16.2. The van der Waals surface area contributed by atoms with Gasteiger partial charge in [0, 0.05) is 24.2 Å². The zero-order valence-corrected chi connectivity index (χ0v) is 14.1. The first kappa shape index (κ1) is 16.0. The number of hydrogen-bond donors (Lipinski definition) is 0. The molecule has 0 saturated carbocycles. The van der Waals surface area contributed by atoms with Gasteiger partial charge in [-0.1, -0.05) is 47.6 Å². The topological polar surface area (TPSA) is 30.7 Å². The van der Waals surface area contributed by atoms with Crippen molar-refractivity contribution in [3.8, 4) is 0 Å². The Morgan fingerprint density at radius 2 is 1.87 bits per heavy atom. The molecule has 23 heavy (non-hydrogen) atoms. The van der Waals surface area contributed by atoms with E-state index in [0.717, 1.165) is 27.1 Å². The van der Waals surface area contributed by atoms with Crippen molar-refractivity contribution < 1.29 is 4.39 Å². The van der Waals surface area contributed by atoms with Crippen molar-refractivity contribution in [1.29, 1.82) is 0 Å². The summed E-state index contributed by atoms with van der Waals surface area (Å²) in [5, 5.41) is 10.0. The van der Waals surface area contributed by atoms with E-state index in [0.29, 0.717) is 12.2 Å². The van der Waals surface area contributed by atoms with Crippen LogP contribution in [-0.4, -0.2) is 14.8 Å². The molecule has 0 aliphatic carbocycles. The second kappa shape index (κ2) is 7.15. The minimum Gasteiger partial charge on any atom is -0.309 e. The van der Waals surface area contributed by atoms with Gasteiger partial charge in [0.25, 0.3) is 0 Å². The number of aromatic nitrogens is 3. The molecule has 0 N–H and O–H groups in total. The van der Waals surface area contributed by atoms with Crippen LogP contribution in [0.1, 0.15) is 17.0 Å². The van der Waals surface area contributed by atoms with Gasteiger partial charge in [0.15, 0.2) is 5.16 Å². The Kier molecular flexibility index (Phi) is 4.98. The highest BCUT2D eigenvalue weighted by Gasteiger charge is 2.10. The van der Waals surface area contributed by atoms with E-state index in [1.165, 1.54) is 12.1 Å². The molecule has 1 aromatic heterocycles. The molecule has 118 valence electrons. The van der Waals surface area contributed by atoms with E-state index in [4.69, 9.17) is 11.6 Å². The van der Waals surface area contributed by atoms with Crippen molar-refractivity contribution in [2.75, 3.05) is 0 Å². The lowest BCUT2D eigenvalue weighted by molar-refractivity contribution is 0.626. The fraction of sp³-hybridized carbons (Fsp3) is 0.176. The third-order valence-corrected chi connectivity index (χ3v) is 4.80. The first-order valence-electron chi connectivity index (χ1n) is 7.12. The maximum absolute atomic E-state index is 13.2. The van der Waals surface area contributed by atoms with Gasteiger partial charge < -0.3 is 4.57 Å². The van der Waals surface area contributed by atoms with Crippen LogP contribution in [0.25, 0.3) is 0 Å². The molecule has 3 nitrogen and oxygen atoms in total. The summed E-state index contributed by atoms with van der Waals surface area (Å²) >= 11 is 7.44. The minimum absolute atomic E-state index is 0.218. The molecule has 0 aliphatic rings. The van der Waals surface area contributed by atoms with Gasteiger partial charge in [-0.05, 0) is 35.4 Å². The molecule has 0 bridgehead atoms. The average Bonchev–Trinajstić information content (AvgIpc) is 2.88. The van der Waals surface area contributed by atoms with Crippen LogP contribution in [0.5, 0.6) is 0 Å². The monoisotopic (exact) mass is 347 g/mol. The van der Waals surface area contributed by atoms with Crippen molar-refractivity contribution >= 4 is 23.4 Å². The Hall–Kier alpha value is -1.85. The molecule has 6 heteroatoms. The van der Waals surface area contributed by atoms with E-state index >= 15 is 0 Å². The number of halogens is 2. The number of thioether (sulfide) groups is 1. The van der Waals surface area contributed by atoms with Crippen LogP contribution in [0.15, 0.2) is 53.7 Å². The van der Waals surface area contributed by atoms with Gasteiger partial charge in [0.1, 0.15) is 11.6 Å². The molecule has 3 aromatic rings. The fourth-order valence-electron chi connectivity index (χ4n) is 2.18. The predicted molar refractivity (Wildman–Crippen MR) is 91.2 cm³/mol. The van der Waals surface area contributed by atoms with Crippen molar-refractivity contribution in [3.63, 3.8) is 0 Å². The van der Waals surface area contributed by atoms with E-state index in [9.17, 15) is 4.39 Å². The fourth-order valence-corrected chi connectivity index (χ4v) is 3.18. The highest BCUT2D eigenvalue weighted by atomic mass is 35.5. The van der Waals surface area contributed by atoms with Gasteiger partial charge >= 0.3 is 0 Å². The Morgan fingerprint density at radius 1 is 1.09 bits per heavy atom. The number of nitrogens with zero attached hydrogens (tertiary/aromatic N) is 3. The summed E-state index contributed by atoms with van der Waals surface area (Å²) in [5.74, 6) is 1.32. The van der Waals surface area contributed by atoms with E-state index in [1.54, 1.807) is 17.8 Å². The molecule has 0 spiro atoms. The molecule has 0 radical (unpaired) electrons. The van der Waals surface area contributed by atoms with Crippen LogP contribution >= 0.6 is 23.4 Å². The lowest BCUT2D eigenvalue weighted by Gasteiger charge is -2.04. The molecule has 0 aliphatic heterocycles. The molecule has 0 saturated heterocycles. The molecule has 0 atom stereocenters. The van der Waals surface area contributed by atoms with Crippen molar-refractivity contribution in [1.82, 2.24) is 14.8 Å². The maximum Gasteiger partial charge on any atom is 0.191 e. The third-order valence-electron chi connectivity index (χ3n) is 3.46. The largest absolute Gasteiger partial charge is 0.309 e. The van der Waals surface area contributed by atoms with Crippen LogP contribution in [0.3, 0.4) is 0 Å².